The summed E-state index contributed by atoms with van der Waals surface area (Å²) in [5.41, 5.74) is 3.95. The number of fused-ring (bicyclic) bond motifs is 1. The van der Waals surface area contributed by atoms with E-state index >= 15 is 0 Å². The topological polar surface area (TPSA) is 91.6 Å². The molecule has 1 aromatic heterocycles. The van der Waals surface area contributed by atoms with Gasteiger partial charge in [-0.05, 0) is 62.6 Å². The van der Waals surface area contributed by atoms with Crippen LogP contribution in [0, 0.1) is 13.8 Å². The molecule has 0 aliphatic rings. The number of nitrogens with zero attached hydrogens (tertiary/aromatic N) is 2. The van der Waals surface area contributed by atoms with Gasteiger partial charge in [0.05, 0.1) is 38.2 Å². The van der Waals surface area contributed by atoms with Crippen LogP contribution in [0.1, 0.15) is 46.5 Å². The van der Waals surface area contributed by atoms with Gasteiger partial charge in [0.2, 0.25) is 0 Å². The van der Waals surface area contributed by atoms with Crippen molar-refractivity contribution >= 4 is 16.8 Å². The molecule has 0 saturated heterocycles. The lowest BCUT2D eigenvalue weighted by Gasteiger charge is -2.18. The summed E-state index contributed by atoms with van der Waals surface area (Å²) in [6.07, 6.45) is 0. The Hall–Kier alpha value is -4.33. The maximum absolute atomic E-state index is 13.8. The Morgan fingerprint density at radius 2 is 1.53 bits per heavy atom. The number of hydrogen-bond donors (Lipinski definition) is 1. The largest absolute Gasteiger partial charge is 0.493 e. The highest BCUT2D eigenvalue weighted by Crippen LogP contribution is 2.30. The number of methoxy groups -OCH3 is 2. The molecular weight excluding hydrogens is 482 g/mol. The number of carbonyl (C=O) groups excluding carboxylic acids is 1. The van der Waals surface area contributed by atoms with E-state index < -0.39 is 11.2 Å². The molecule has 0 spiro atoms. The second kappa shape index (κ2) is 11.0. The molecule has 4 aromatic rings. The third-order valence-corrected chi connectivity index (χ3v) is 6.54. The number of aromatic nitrogens is 2. The number of rotatable bonds is 8. The van der Waals surface area contributed by atoms with Crippen LogP contribution in [0.5, 0.6) is 11.5 Å². The third-order valence-electron chi connectivity index (χ3n) is 6.54. The summed E-state index contributed by atoms with van der Waals surface area (Å²) in [6.45, 7) is 8.13. The predicted molar refractivity (Wildman–Crippen MR) is 149 cm³/mol. The van der Waals surface area contributed by atoms with Crippen molar-refractivity contribution in [2.24, 2.45) is 0 Å². The van der Waals surface area contributed by atoms with Gasteiger partial charge < -0.3 is 14.8 Å². The normalized spacial score (nSPS) is 11.1. The van der Waals surface area contributed by atoms with Gasteiger partial charge in [-0.2, -0.15) is 0 Å². The first kappa shape index (κ1) is 26.7. The highest BCUT2D eigenvalue weighted by Gasteiger charge is 2.18. The Morgan fingerprint density at radius 1 is 0.868 bits per heavy atom. The van der Waals surface area contributed by atoms with Gasteiger partial charge in [-0.3, -0.25) is 18.7 Å². The number of ether oxygens (including phenoxy) is 2. The molecular formula is C30H33N3O5. The highest BCUT2D eigenvalue weighted by atomic mass is 16.5. The Kier molecular flexibility index (Phi) is 7.71. The van der Waals surface area contributed by atoms with Crippen LogP contribution in [0.25, 0.3) is 10.9 Å². The number of benzene rings is 3. The summed E-state index contributed by atoms with van der Waals surface area (Å²) < 4.78 is 13.7. The van der Waals surface area contributed by atoms with Crippen LogP contribution in [0.4, 0.5) is 0 Å². The Morgan fingerprint density at radius 3 is 2.16 bits per heavy atom. The average Bonchev–Trinajstić information content (AvgIpc) is 2.90. The minimum Gasteiger partial charge on any atom is -0.493 e. The van der Waals surface area contributed by atoms with Crippen molar-refractivity contribution in [1.29, 1.82) is 0 Å². The van der Waals surface area contributed by atoms with E-state index in [1.807, 2.05) is 45.9 Å². The van der Waals surface area contributed by atoms with Crippen molar-refractivity contribution in [1.82, 2.24) is 14.5 Å². The quantitative estimate of drug-likeness (QED) is 0.383. The van der Waals surface area contributed by atoms with Crippen LogP contribution in [0.3, 0.4) is 0 Å². The minimum absolute atomic E-state index is 0.0180. The van der Waals surface area contributed by atoms with Gasteiger partial charge in [-0.15, -0.1) is 0 Å². The van der Waals surface area contributed by atoms with Gasteiger partial charge in [0.1, 0.15) is 0 Å². The lowest BCUT2D eigenvalue weighted by atomic mass is 10.1. The molecule has 1 amide bonds. The van der Waals surface area contributed by atoms with E-state index in [9.17, 15) is 14.4 Å². The standard InChI is InChI=1S/C30H33N3O5/c1-18(2)31-28(34)22-11-9-21(10-12-22)16-33-29(35)24-14-26(37-5)27(38-6)15-25(24)32(30(33)36)17-23-13-19(3)7-8-20(23)4/h7-15,18H,16-17H2,1-6H3,(H,31,34). The van der Waals surface area contributed by atoms with Crippen molar-refractivity contribution in [3.63, 3.8) is 0 Å². The molecule has 0 bridgehead atoms. The predicted octanol–water partition coefficient (Wildman–Crippen LogP) is 4.03. The number of nitrogens with one attached hydrogen (secondary N) is 1. The molecule has 0 atom stereocenters. The highest BCUT2D eigenvalue weighted by molar-refractivity contribution is 5.94. The van der Waals surface area contributed by atoms with E-state index in [2.05, 4.69) is 5.32 Å². The minimum atomic E-state index is -0.433. The lowest BCUT2D eigenvalue weighted by Crippen LogP contribution is -2.40. The Labute approximate surface area is 221 Å². The molecule has 0 saturated carbocycles. The van der Waals surface area contributed by atoms with E-state index in [1.54, 1.807) is 41.0 Å². The smallest absolute Gasteiger partial charge is 0.332 e. The fraction of sp³-hybridized carbons (Fsp3) is 0.300. The second-order valence-electron chi connectivity index (χ2n) is 9.74. The first-order chi connectivity index (χ1) is 18.1. The van der Waals surface area contributed by atoms with Crippen LogP contribution in [-0.2, 0) is 13.1 Å². The summed E-state index contributed by atoms with van der Waals surface area (Å²) in [7, 11) is 3.02. The molecule has 38 heavy (non-hydrogen) atoms. The van der Waals surface area contributed by atoms with E-state index in [1.165, 1.54) is 18.8 Å². The maximum Gasteiger partial charge on any atom is 0.332 e. The monoisotopic (exact) mass is 515 g/mol. The SMILES string of the molecule is COc1cc2c(=O)n(Cc3ccc(C(=O)NC(C)C)cc3)c(=O)n(Cc3cc(C)ccc3C)c2cc1OC. The molecule has 8 heteroatoms. The van der Waals surface area contributed by atoms with E-state index in [0.717, 1.165) is 22.3 Å². The number of hydrogen-bond acceptors (Lipinski definition) is 5. The zero-order valence-corrected chi connectivity index (χ0v) is 22.6. The Bertz CT molecular complexity index is 1610. The van der Waals surface area contributed by atoms with Gasteiger partial charge in [0.15, 0.2) is 11.5 Å². The summed E-state index contributed by atoms with van der Waals surface area (Å²) in [6, 6.07) is 16.3. The summed E-state index contributed by atoms with van der Waals surface area (Å²) in [5.74, 6) is 0.661. The van der Waals surface area contributed by atoms with E-state index in [0.29, 0.717) is 28.0 Å². The van der Waals surface area contributed by atoms with Gasteiger partial charge in [-0.25, -0.2) is 4.79 Å². The number of amides is 1. The van der Waals surface area contributed by atoms with Gasteiger partial charge in [0.25, 0.3) is 11.5 Å². The lowest BCUT2D eigenvalue weighted by molar-refractivity contribution is 0.0943. The molecule has 8 nitrogen and oxygen atoms in total. The molecule has 0 aliphatic carbocycles. The van der Waals surface area contributed by atoms with E-state index in [-0.39, 0.29) is 25.0 Å². The third kappa shape index (κ3) is 5.34. The van der Waals surface area contributed by atoms with E-state index in [4.69, 9.17) is 9.47 Å². The van der Waals surface area contributed by atoms with Crippen LogP contribution in [0.2, 0.25) is 0 Å². The molecule has 1 N–H and O–H groups in total. The van der Waals surface area contributed by atoms with Crippen molar-refractivity contribution in [2.45, 2.75) is 46.8 Å². The fourth-order valence-electron chi connectivity index (χ4n) is 4.47. The number of aryl methyl sites for hydroxylation is 2. The van der Waals surface area contributed by atoms with Crippen molar-refractivity contribution in [3.05, 3.63) is 103 Å². The summed E-state index contributed by atoms with van der Waals surface area (Å²) in [4.78, 5) is 39.8. The molecule has 0 radical (unpaired) electrons. The van der Waals surface area contributed by atoms with Gasteiger partial charge in [0, 0.05) is 17.7 Å². The second-order valence-corrected chi connectivity index (χ2v) is 9.74. The van der Waals surface area contributed by atoms with Gasteiger partial charge in [-0.1, -0.05) is 35.9 Å². The average molecular weight is 516 g/mol. The molecule has 0 aliphatic heterocycles. The summed E-state index contributed by atoms with van der Waals surface area (Å²) in [5, 5.41) is 3.20. The fourth-order valence-corrected chi connectivity index (χ4v) is 4.47. The van der Waals surface area contributed by atoms with Crippen molar-refractivity contribution in [2.75, 3.05) is 14.2 Å². The Balaban J connectivity index is 1.87. The zero-order valence-electron chi connectivity index (χ0n) is 22.6. The molecule has 4 rings (SSSR count). The first-order valence-electron chi connectivity index (χ1n) is 12.5. The van der Waals surface area contributed by atoms with Crippen molar-refractivity contribution in [3.8, 4) is 11.5 Å². The first-order valence-corrected chi connectivity index (χ1v) is 12.5. The van der Waals surface area contributed by atoms with Crippen LogP contribution in [0.15, 0.2) is 64.2 Å². The molecule has 0 fully saturated rings. The van der Waals surface area contributed by atoms with Gasteiger partial charge >= 0.3 is 5.69 Å². The molecule has 1 heterocycles. The van der Waals surface area contributed by atoms with Crippen LogP contribution >= 0.6 is 0 Å². The molecule has 3 aromatic carbocycles. The van der Waals surface area contributed by atoms with Crippen molar-refractivity contribution < 1.29 is 14.3 Å². The maximum atomic E-state index is 13.8. The molecule has 0 unspecified atom stereocenters. The molecule has 198 valence electrons. The van der Waals surface area contributed by atoms with Crippen LogP contribution in [-0.4, -0.2) is 35.3 Å². The number of carbonyl (C=O) groups is 1. The zero-order chi connectivity index (χ0) is 27.6. The van der Waals surface area contributed by atoms with Crippen LogP contribution < -0.4 is 26.0 Å². The summed E-state index contributed by atoms with van der Waals surface area (Å²) >= 11 is 0.